The van der Waals surface area contributed by atoms with Gasteiger partial charge in [0.15, 0.2) is 5.82 Å². The summed E-state index contributed by atoms with van der Waals surface area (Å²) in [6.07, 6.45) is 5.06. The summed E-state index contributed by atoms with van der Waals surface area (Å²) in [6, 6.07) is 1.72. The lowest BCUT2D eigenvalue weighted by atomic mass is 10.0. The molecule has 136 valence electrons. The molecule has 2 aromatic heterocycles. The molecule has 2 aromatic rings. The molecule has 10 heteroatoms. The zero-order valence-electron chi connectivity index (χ0n) is 14.3. The molecule has 0 aliphatic rings. The molecule has 0 aromatic carbocycles. The fourth-order valence-corrected chi connectivity index (χ4v) is 2.46. The van der Waals surface area contributed by atoms with Crippen LogP contribution in [0, 0.1) is 12.8 Å². The highest BCUT2D eigenvalue weighted by atomic mass is 16.5. The molecule has 0 unspecified atom stereocenters. The van der Waals surface area contributed by atoms with Gasteiger partial charge in [-0.15, -0.1) is 0 Å². The molecule has 25 heavy (non-hydrogen) atoms. The molecule has 2 rings (SSSR count). The lowest BCUT2D eigenvalue weighted by molar-refractivity contribution is -0.154. The molecular weight excluding hydrogens is 326 g/mol. The van der Waals surface area contributed by atoms with Crippen molar-refractivity contribution in [3.05, 3.63) is 18.1 Å². The molecule has 2 heterocycles. The van der Waals surface area contributed by atoms with Crippen molar-refractivity contribution < 1.29 is 14.8 Å². The molecule has 0 fully saturated rings. The van der Waals surface area contributed by atoms with E-state index in [0.717, 1.165) is 25.0 Å². The van der Waals surface area contributed by atoms with Crippen LogP contribution < -0.4 is 10.9 Å². The molecular formula is C15H23N7O3. The maximum Gasteiger partial charge on any atom is 0.254 e. The summed E-state index contributed by atoms with van der Waals surface area (Å²) in [5.74, 6) is 0.0822. The van der Waals surface area contributed by atoms with Gasteiger partial charge in [0.05, 0.1) is 12.5 Å². The van der Waals surface area contributed by atoms with Crippen molar-refractivity contribution >= 4 is 23.9 Å². The minimum Gasteiger partial charge on any atom is -0.286 e. The fourth-order valence-electron chi connectivity index (χ4n) is 2.46. The molecule has 0 saturated heterocycles. The molecule has 2 amide bonds. The van der Waals surface area contributed by atoms with Crippen LogP contribution in [0.3, 0.4) is 0 Å². The van der Waals surface area contributed by atoms with Crippen LogP contribution in [0.1, 0.15) is 38.3 Å². The number of nitrogens with one attached hydrogen (secondary N) is 2. The van der Waals surface area contributed by atoms with Gasteiger partial charge >= 0.3 is 0 Å². The van der Waals surface area contributed by atoms with Crippen molar-refractivity contribution in [3.63, 3.8) is 0 Å². The van der Waals surface area contributed by atoms with Crippen molar-refractivity contribution in [2.45, 2.75) is 39.5 Å². The lowest BCUT2D eigenvalue weighted by Crippen LogP contribution is -2.40. The number of aryl methyl sites for hydroxylation is 1. The number of fused-ring (bicyclic) bond motifs is 1. The van der Waals surface area contributed by atoms with Gasteiger partial charge in [-0.1, -0.05) is 26.2 Å². The maximum absolute atomic E-state index is 12.4. The third-order valence-corrected chi connectivity index (χ3v) is 3.75. The van der Waals surface area contributed by atoms with Crippen LogP contribution in [0.15, 0.2) is 12.4 Å². The second-order valence-corrected chi connectivity index (χ2v) is 5.79. The first-order chi connectivity index (χ1) is 12.0. The molecule has 1 atom stereocenters. The Morgan fingerprint density at radius 2 is 2.28 bits per heavy atom. The van der Waals surface area contributed by atoms with E-state index in [9.17, 15) is 14.8 Å². The maximum atomic E-state index is 12.4. The Kier molecular flexibility index (Phi) is 6.63. The van der Waals surface area contributed by atoms with Crippen molar-refractivity contribution in [1.29, 1.82) is 0 Å². The van der Waals surface area contributed by atoms with E-state index in [4.69, 9.17) is 0 Å². The Hall–Kier alpha value is -2.75. The highest BCUT2D eigenvalue weighted by Gasteiger charge is 2.21. The molecule has 0 aliphatic carbocycles. The fraction of sp³-hybridized carbons (Fsp3) is 0.533. The van der Waals surface area contributed by atoms with E-state index >= 15 is 0 Å². The number of aromatic nitrogens is 4. The van der Waals surface area contributed by atoms with Gasteiger partial charge < -0.3 is 0 Å². The lowest BCUT2D eigenvalue weighted by Gasteiger charge is -2.20. The van der Waals surface area contributed by atoms with Crippen molar-refractivity contribution in [1.82, 2.24) is 30.1 Å². The van der Waals surface area contributed by atoms with Gasteiger partial charge in [-0.2, -0.15) is 14.6 Å². The Labute approximate surface area is 145 Å². The van der Waals surface area contributed by atoms with Crippen molar-refractivity contribution in [3.8, 4) is 0 Å². The van der Waals surface area contributed by atoms with Crippen LogP contribution in [0.25, 0.3) is 5.78 Å². The summed E-state index contributed by atoms with van der Waals surface area (Å²) in [6.45, 7) is 3.81. The number of hydrogen-bond acceptors (Lipinski definition) is 7. The molecule has 10 nitrogen and oxygen atoms in total. The van der Waals surface area contributed by atoms with Crippen LogP contribution in [0.4, 0.5) is 5.82 Å². The number of anilines is 1. The standard InChI is InChI=1S/C15H23N7O3/c1-3-4-5-6-12(8-21(25)10-23)14(24)20-19-13-7-11(2)18-15-16-9-17-22(13)15/h7,9-10,12,19,25H,3-6,8H2,1-2H3,(H,20,24)/t12-/m0/s1. The van der Waals surface area contributed by atoms with Crippen molar-refractivity contribution in [2.24, 2.45) is 5.92 Å². The predicted octanol–water partition coefficient (Wildman–Crippen LogP) is 0.920. The summed E-state index contributed by atoms with van der Waals surface area (Å²) in [5.41, 5.74) is 6.14. The average Bonchev–Trinajstić information content (AvgIpc) is 3.06. The van der Waals surface area contributed by atoms with Gasteiger partial charge in [0.1, 0.15) is 6.33 Å². The number of hydroxylamine groups is 2. The van der Waals surface area contributed by atoms with Gasteiger partial charge in [0, 0.05) is 11.8 Å². The van der Waals surface area contributed by atoms with Crippen molar-refractivity contribution in [2.75, 3.05) is 12.0 Å². The smallest absolute Gasteiger partial charge is 0.254 e. The van der Waals surface area contributed by atoms with Gasteiger partial charge in [-0.25, -0.2) is 10.0 Å². The van der Waals surface area contributed by atoms with E-state index in [1.165, 1.54) is 10.8 Å². The summed E-state index contributed by atoms with van der Waals surface area (Å²) < 4.78 is 1.46. The van der Waals surface area contributed by atoms with E-state index in [0.29, 0.717) is 29.5 Å². The van der Waals surface area contributed by atoms with Gasteiger partial charge in [0.25, 0.3) is 5.78 Å². The largest absolute Gasteiger partial charge is 0.286 e. The number of hydrogen-bond donors (Lipinski definition) is 3. The summed E-state index contributed by atoms with van der Waals surface area (Å²) >= 11 is 0. The second kappa shape index (κ2) is 8.92. The number of amides is 2. The number of carbonyl (C=O) groups excluding carboxylic acids is 2. The first-order valence-corrected chi connectivity index (χ1v) is 8.19. The first-order valence-electron chi connectivity index (χ1n) is 8.19. The molecule has 0 aliphatic heterocycles. The van der Waals surface area contributed by atoms with Gasteiger partial charge in [-0.05, 0) is 13.3 Å². The van der Waals surface area contributed by atoms with E-state index in [2.05, 4.69) is 32.8 Å². The first kappa shape index (κ1) is 18.6. The number of unbranched alkanes of at least 4 members (excludes halogenated alkanes) is 2. The Morgan fingerprint density at radius 3 is 3.00 bits per heavy atom. The molecule has 0 radical (unpaired) electrons. The topological polar surface area (TPSA) is 125 Å². The predicted molar refractivity (Wildman–Crippen MR) is 89.5 cm³/mol. The summed E-state index contributed by atoms with van der Waals surface area (Å²) in [7, 11) is 0. The van der Waals surface area contributed by atoms with E-state index in [1.807, 2.05) is 6.92 Å². The number of nitrogens with zero attached hydrogens (tertiary/aromatic N) is 5. The Morgan fingerprint density at radius 1 is 1.48 bits per heavy atom. The number of rotatable bonds is 10. The number of hydrazine groups is 1. The number of carbonyl (C=O) groups is 2. The third kappa shape index (κ3) is 5.11. The molecule has 0 bridgehead atoms. The molecule has 3 N–H and O–H groups in total. The Balaban J connectivity index is 2.03. The van der Waals surface area contributed by atoms with Gasteiger partial charge in [-0.3, -0.25) is 25.6 Å². The van der Waals surface area contributed by atoms with E-state index in [-0.39, 0.29) is 12.5 Å². The molecule has 0 spiro atoms. The van der Waals surface area contributed by atoms with Crippen LogP contribution >= 0.6 is 0 Å². The van der Waals surface area contributed by atoms with Crippen LogP contribution in [0.5, 0.6) is 0 Å². The summed E-state index contributed by atoms with van der Waals surface area (Å²) in [5, 5.41) is 13.9. The normalized spacial score (nSPS) is 12.0. The van der Waals surface area contributed by atoms with Crippen LogP contribution in [-0.2, 0) is 9.59 Å². The van der Waals surface area contributed by atoms with E-state index < -0.39 is 5.92 Å². The van der Waals surface area contributed by atoms with Gasteiger partial charge in [0.2, 0.25) is 12.3 Å². The highest BCUT2D eigenvalue weighted by Crippen LogP contribution is 2.13. The highest BCUT2D eigenvalue weighted by molar-refractivity contribution is 5.80. The minimum atomic E-state index is -0.525. The van der Waals surface area contributed by atoms with E-state index in [1.54, 1.807) is 6.07 Å². The minimum absolute atomic E-state index is 0.0607. The van der Waals surface area contributed by atoms with Crippen LogP contribution in [-0.4, -0.2) is 48.7 Å². The summed E-state index contributed by atoms with van der Waals surface area (Å²) in [4.78, 5) is 31.3. The molecule has 0 saturated carbocycles. The Bertz CT molecular complexity index is 718. The average molecular weight is 349 g/mol. The SMILES string of the molecule is CCCCC[C@@H](CN(O)C=O)C(=O)NNc1cc(C)nc2ncnn12. The monoisotopic (exact) mass is 349 g/mol. The second-order valence-electron chi connectivity index (χ2n) is 5.79. The zero-order valence-corrected chi connectivity index (χ0v) is 14.3. The third-order valence-electron chi connectivity index (χ3n) is 3.75. The van der Waals surface area contributed by atoms with Crippen LogP contribution in [0.2, 0.25) is 0 Å². The zero-order chi connectivity index (χ0) is 18.2. The quantitative estimate of drug-likeness (QED) is 0.252.